The number of hydrogen-bond donors (Lipinski definition) is 2. The van der Waals surface area contributed by atoms with Crippen molar-refractivity contribution >= 4 is 20.2 Å². The molecule has 42 heavy (non-hydrogen) atoms. The van der Waals surface area contributed by atoms with Crippen LogP contribution < -0.4 is 0 Å². The Bertz CT molecular complexity index is 1460. The quantitative estimate of drug-likeness (QED) is 0.240. The Morgan fingerprint density at radius 1 is 0.714 bits per heavy atom. The van der Waals surface area contributed by atoms with Gasteiger partial charge in [-0.15, -0.1) is 0 Å². The van der Waals surface area contributed by atoms with Gasteiger partial charge in [-0.3, -0.25) is 9.11 Å². The smallest absolute Gasteiger partial charge is 0.294 e. The van der Waals surface area contributed by atoms with Crippen molar-refractivity contribution in [3.63, 3.8) is 0 Å². The molecule has 2 unspecified atom stereocenters. The van der Waals surface area contributed by atoms with Crippen LogP contribution in [0.25, 0.3) is 0 Å². The van der Waals surface area contributed by atoms with Crippen LogP contribution in [0, 0.1) is 19.8 Å². The summed E-state index contributed by atoms with van der Waals surface area (Å²) in [6, 6.07) is 19.4. The first-order valence-electron chi connectivity index (χ1n) is 13.9. The van der Waals surface area contributed by atoms with Crippen LogP contribution >= 0.6 is 0 Å². The van der Waals surface area contributed by atoms with E-state index in [0.29, 0.717) is 37.2 Å². The van der Waals surface area contributed by atoms with E-state index in [1.165, 1.54) is 12.1 Å². The van der Waals surface area contributed by atoms with Crippen molar-refractivity contribution < 1.29 is 40.2 Å². The molecule has 2 N–H and O–H groups in total. The molecule has 0 aromatic heterocycles. The van der Waals surface area contributed by atoms with Crippen LogP contribution in [0.2, 0.25) is 0 Å². The predicted molar refractivity (Wildman–Crippen MR) is 158 cm³/mol. The third-order valence-electron chi connectivity index (χ3n) is 7.41. The fourth-order valence-electron chi connectivity index (χ4n) is 5.41. The van der Waals surface area contributed by atoms with E-state index in [1.54, 1.807) is 24.3 Å². The second kappa shape index (κ2) is 14.2. The lowest BCUT2D eigenvalue weighted by Gasteiger charge is -2.21. The van der Waals surface area contributed by atoms with Gasteiger partial charge in [-0.25, -0.2) is 0 Å². The summed E-state index contributed by atoms with van der Waals surface area (Å²) >= 11 is 0. The zero-order valence-electron chi connectivity index (χ0n) is 23.8. The third-order valence-corrected chi connectivity index (χ3v) is 9.31. The molecule has 0 amide bonds. The predicted octanol–water partition coefficient (Wildman–Crippen LogP) is 4.98. The van der Waals surface area contributed by atoms with Gasteiger partial charge < -0.3 is 14.2 Å². The minimum atomic E-state index is -4.37. The van der Waals surface area contributed by atoms with Crippen molar-refractivity contribution in [2.75, 3.05) is 19.8 Å². The van der Waals surface area contributed by atoms with Crippen LogP contribution in [-0.2, 0) is 53.9 Å². The molecule has 11 heteroatoms. The normalized spacial score (nSPS) is 19.3. The zero-order valence-corrected chi connectivity index (χ0v) is 25.4. The highest BCUT2D eigenvalue weighted by molar-refractivity contribution is 7.86. The Hall–Kier alpha value is -2.64. The minimum absolute atomic E-state index is 0.129. The van der Waals surface area contributed by atoms with E-state index >= 15 is 0 Å². The molecule has 3 aromatic carbocycles. The lowest BCUT2D eigenvalue weighted by molar-refractivity contribution is -0.0547. The molecule has 0 radical (unpaired) electrons. The molecular weight excluding hydrogens is 580 g/mol. The summed E-state index contributed by atoms with van der Waals surface area (Å²) in [7, 11) is -8.73. The van der Waals surface area contributed by atoms with E-state index < -0.39 is 20.2 Å². The summed E-state index contributed by atoms with van der Waals surface area (Å²) in [4.78, 5) is -0.258. The van der Waals surface area contributed by atoms with Gasteiger partial charge in [0.25, 0.3) is 20.2 Å². The molecule has 3 aromatic rings. The molecule has 0 bridgehead atoms. The fourth-order valence-corrected chi connectivity index (χ4v) is 6.88. The number of hydrogen-bond acceptors (Lipinski definition) is 7. The Morgan fingerprint density at radius 2 is 1.19 bits per heavy atom. The molecule has 4 rings (SSSR count). The van der Waals surface area contributed by atoms with Crippen molar-refractivity contribution in [1.82, 2.24) is 0 Å². The molecule has 228 valence electrons. The van der Waals surface area contributed by atoms with Crippen LogP contribution in [0.4, 0.5) is 0 Å². The van der Waals surface area contributed by atoms with Crippen LogP contribution in [0.5, 0.6) is 0 Å². The van der Waals surface area contributed by atoms with Gasteiger partial charge in [0, 0.05) is 0 Å². The maximum Gasteiger partial charge on any atom is 0.294 e. The number of aryl methyl sites for hydroxylation is 2. The van der Waals surface area contributed by atoms with E-state index in [-0.39, 0.29) is 54.0 Å². The molecule has 0 saturated heterocycles. The maximum atomic E-state index is 11.9. The highest BCUT2D eigenvalue weighted by Gasteiger charge is 2.36. The Labute approximate surface area is 248 Å². The van der Waals surface area contributed by atoms with Crippen LogP contribution in [-0.4, -0.2) is 58.0 Å². The fraction of sp³-hybridized carbons (Fsp3) is 0.419. The van der Waals surface area contributed by atoms with E-state index in [4.69, 9.17) is 14.2 Å². The van der Waals surface area contributed by atoms with Gasteiger partial charge in [-0.05, 0) is 74.3 Å². The zero-order chi connectivity index (χ0) is 30.3. The third kappa shape index (κ3) is 9.18. The van der Waals surface area contributed by atoms with E-state index in [0.717, 1.165) is 16.7 Å². The van der Waals surface area contributed by atoms with Gasteiger partial charge in [-0.1, -0.05) is 65.7 Å². The van der Waals surface area contributed by atoms with Crippen molar-refractivity contribution in [3.8, 4) is 0 Å². The molecule has 1 aliphatic rings. The van der Waals surface area contributed by atoms with Gasteiger partial charge in [0.1, 0.15) is 0 Å². The van der Waals surface area contributed by atoms with Crippen molar-refractivity contribution in [3.05, 3.63) is 94.5 Å². The maximum absolute atomic E-state index is 11.9. The molecule has 1 saturated carbocycles. The first kappa shape index (κ1) is 32.3. The molecule has 0 heterocycles. The minimum Gasteiger partial charge on any atom is -0.376 e. The first-order chi connectivity index (χ1) is 19.9. The molecule has 0 aliphatic heterocycles. The Kier molecular flexibility index (Phi) is 10.9. The lowest BCUT2D eigenvalue weighted by Crippen LogP contribution is -2.28. The Morgan fingerprint density at radius 3 is 1.64 bits per heavy atom. The summed E-state index contributed by atoms with van der Waals surface area (Å²) in [5.41, 5.74) is 3.78. The van der Waals surface area contributed by atoms with Gasteiger partial charge in [0.05, 0.1) is 48.4 Å². The lowest BCUT2D eigenvalue weighted by atomic mass is 10.1. The molecule has 1 aliphatic carbocycles. The van der Waals surface area contributed by atoms with Gasteiger partial charge >= 0.3 is 0 Å². The highest BCUT2D eigenvalue weighted by Crippen LogP contribution is 2.32. The van der Waals surface area contributed by atoms with E-state index in [2.05, 4.69) is 0 Å². The van der Waals surface area contributed by atoms with E-state index in [1.807, 2.05) is 44.2 Å². The summed E-state index contributed by atoms with van der Waals surface area (Å²) in [5, 5.41) is 0. The largest absolute Gasteiger partial charge is 0.376 e. The van der Waals surface area contributed by atoms with Crippen LogP contribution in [0.3, 0.4) is 0 Å². The summed E-state index contributed by atoms with van der Waals surface area (Å²) < 4.78 is 85.1. The topological polar surface area (TPSA) is 136 Å². The SMILES string of the molecule is Cc1ccc(S(=O)(=O)O)c(CCOC2CC(COCc3ccccc3)CC2OCCc2cc(C)ccc2S(=O)(=O)O)c1. The van der Waals surface area contributed by atoms with Gasteiger partial charge in [0.2, 0.25) is 0 Å². The average Bonchev–Trinajstić information content (AvgIpc) is 3.29. The second-order valence-corrected chi connectivity index (χ2v) is 13.6. The molecule has 9 nitrogen and oxygen atoms in total. The molecule has 2 atom stereocenters. The number of ether oxygens (including phenoxy) is 3. The average molecular weight is 619 g/mol. The molecular formula is C31H38O9S2. The number of benzene rings is 3. The van der Waals surface area contributed by atoms with Crippen LogP contribution in [0.1, 0.15) is 40.7 Å². The first-order valence-corrected chi connectivity index (χ1v) is 16.8. The van der Waals surface area contributed by atoms with Crippen molar-refractivity contribution in [2.24, 2.45) is 5.92 Å². The van der Waals surface area contributed by atoms with Gasteiger partial charge in [-0.2, -0.15) is 16.8 Å². The Balaban J connectivity index is 1.40. The van der Waals surface area contributed by atoms with Crippen molar-refractivity contribution in [2.45, 2.75) is 68.1 Å². The molecule has 1 fully saturated rings. The standard InChI is InChI=1S/C31H38O9S2/c1-22-8-10-30(41(32,33)34)26(16-22)12-14-39-28-18-25(21-38-20-24-6-4-3-5-7-24)19-29(28)40-15-13-27-17-23(2)9-11-31(27)42(35,36)37/h3-11,16-17,25,28-29H,12-15,18-21H2,1-2H3,(H,32,33,34)(H,35,36,37). The number of rotatable bonds is 14. The van der Waals surface area contributed by atoms with Crippen molar-refractivity contribution in [1.29, 1.82) is 0 Å². The highest BCUT2D eigenvalue weighted by atomic mass is 32.2. The molecule has 0 spiro atoms. The second-order valence-electron chi connectivity index (χ2n) is 10.8. The van der Waals surface area contributed by atoms with E-state index in [9.17, 15) is 25.9 Å². The summed E-state index contributed by atoms with van der Waals surface area (Å²) in [5.74, 6) is 0.170. The monoisotopic (exact) mass is 618 g/mol. The summed E-state index contributed by atoms with van der Waals surface area (Å²) in [6.07, 6.45) is 1.37. The van der Waals surface area contributed by atoms with Crippen LogP contribution in [0.15, 0.2) is 76.5 Å². The summed E-state index contributed by atoms with van der Waals surface area (Å²) in [6.45, 7) is 5.15. The van der Waals surface area contributed by atoms with Gasteiger partial charge in [0.15, 0.2) is 0 Å².